The van der Waals surface area contributed by atoms with E-state index in [2.05, 4.69) is 32.5 Å². The van der Waals surface area contributed by atoms with Gasteiger partial charge in [-0.2, -0.15) is 5.10 Å². The summed E-state index contributed by atoms with van der Waals surface area (Å²) in [5.41, 5.74) is 12.0. The highest BCUT2D eigenvalue weighted by Gasteiger charge is 2.18. The molecule has 2 aromatic rings. The Morgan fingerprint density at radius 3 is 3.09 bits per heavy atom. The van der Waals surface area contributed by atoms with Crippen LogP contribution in [0.5, 0.6) is 0 Å². The molecule has 3 N–H and O–H groups in total. The topological polar surface area (TPSA) is 83.6 Å². The number of fused-ring (bicyclic) bond motifs is 1. The lowest BCUT2D eigenvalue weighted by Gasteiger charge is -2.30. The highest BCUT2D eigenvalue weighted by atomic mass is 32.1. The van der Waals surface area contributed by atoms with Crippen LogP contribution in [-0.2, 0) is 11.2 Å². The number of nitrogens with two attached hydrogens (primary N) is 1. The van der Waals surface area contributed by atoms with Gasteiger partial charge in [0.1, 0.15) is 0 Å². The van der Waals surface area contributed by atoms with Crippen LogP contribution in [0, 0.1) is 0 Å². The molecule has 1 aliphatic rings. The van der Waals surface area contributed by atoms with Crippen molar-refractivity contribution >= 4 is 33.8 Å². The first kappa shape index (κ1) is 15.5. The fraction of sp³-hybridized carbons (Fsp3) is 0.312. The van der Waals surface area contributed by atoms with Crippen LogP contribution >= 0.6 is 11.3 Å². The SMILES string of the molecule is C/C(=N\NC(=O)CN1CCCc2ccccc21)c1csc(N)n1. The minimum atomic E-state index is -0.135. The molecule has 0 saturated carbocycles. The molecule has 0 bridgehead atoms. The van der Waals surface area contributed by atoms with Gasteiger partial charge in [0, 0.05) is 17.6 Å². The van der Waals surface area contributed by atoms with Crippen molar-refractivity contribution in [3.8, 4) is 0 Å². The number of aryl methyl sites for hydroxylation is 1. The Labute approximate surface area is 139 Å². The molecule has 1 aromatic heterocycles. The second-order valence-electron chi connectivity index (χ2n) is 5.46. The Hall–Kier alpha value is -2.41. The first-order valence-corrected chi connectivity index (χ1v) is 8.39. The zero-order valence-corrected chi connectivity index (χ0v) is 13.8. The fourth-order valence-electron chi connectivity index (χ4n) is 2.64. The Kier molecular flexibility index (Phi) is 4.57. The van der Waals surface area contributed by atoms with E-state index in [1.165, 1.54) is 16.9 Å². The van der Waals surface area contributed by atoms with E-state index in [9.17, 15) is 4.79 Å². The number of carbonyl (C=O) groups excluding carboxylic acids is 1. The van der Waals surface area contributed by atoms with E-state index in [-0.39, 0.29) is 5.91 Å². The number of amides is 1. The van der Waals surface area contributed by atoms with Gasteiger partial charge in [0.05, 0.1) is 18.0 Å². The van der Waals surface area contributed by atoms with Gasteiger partial charge in [-0.3, -0.25) is 4.79 Å². The third kappa shape index (κ3) is 3.68. The molecule has 6 nitrogen and oxygen atoms in total. The van der Waals surface area contributed by atoms with Gasteiger partial charge < -0.3 is 10.6 Å². The van der Waals surface area contributed by atoms with E-state index in [4.69, 9.17) is 5.73 Å². The van der Waals surface area contributed by atoms with Gasteiger partial charge in [-0.1, -0.05) is 18.2 Å². The number of anilines is 2. The van der Waals surface area contributed by atoms with E-state index in [1.54, 1.807) is 6.92 Å². The summed E-state index contributed by atoms with van der Waals surface area (Å²) in [7, 11) is 0. The summed E-state index contributed by atoms with van der Waals surface area (Å²) >= 11 is 1.35. The molecule has 0 atom stereocenters. The molecule has 0 saturated heterocycles. The van der Waals surface area contributed by atoms with Gasteiger partial charge in [0.25, 0.3) is 5.91 Å². The molecule has 120 valence electrons. The molecule has 0 radical (unpaired) electrons. The summed E-state index contributed by atoms with van der Waals surface area (Å²) in [6.07, 6.45) is 2.13. The summed E-state index contributed by atoms with van der Waals surface area (Å²) in [5.74, 6) is -0.135. The number of benzene rings is 1. The lowest BCUT2D eigenvalue weighted by atomic mass is 10.0. The first-order valence-electron chi connectivity index (χ1n) is 7.51. The highest BCUT2D eigenvalue weighted by molar-refractivity contribution is 7.13. The van der Waals surface area contributed by atoms with E-state index in [0.29, 0.717) is 23.1 Å². The summed E-state index contributed by atoms with van der Waals surface area (Å²) in [6.45, 7) is 2.98. The van der Waals surface area contributed by atoms with Crippen molar-refractivity contribution in [2.24, 2.45) is 5.10 Å². The minimum absolute atomic E-state index is 0.135. The molecule has 7 heteroatoms. The zero-order valence-electron chi connectivity index (χ0n) is 13.0. The second-order valence-corrected chi connectivity index (χ2v) is 6.35. The quantitative estimate of drug-likeness (QED) is 0.664. The normalized spacial score (nSPS) is 14.5. The molecule has 3 rings (SSSR count). The molecule has 2 heterocycles. The predicted octanol–water partition coefficient (Wildman–Crippen LogP) is 2.02. The van der Waals surface area contributed by atoms with Crippen molar-refractivity contribution in [3.63, 3.8) is 0 Å². The highest BCUT2D eigenvalue weighted by Crippen LogP contribution is 2.26. The summed E-state index contributed by atoms with van der Waals surface area (Å²) in [4.78, 5) is 18.4. The summed E-state index contributed by atoms with van der Waals surface area (Å²) in [5, 5.41) is 6.42. The maximum Gasteiger partial charge on any atom is 0.259 e. The monoisotopic (exact) mass is 329 g/mol. The lowest BCUT2D eigenvalue weighted by Crippen LogP contribution is -2.38. The number of rotatable bonds is 4. The fourth-order valence-corrected chi connectivity index (χ4v) is 3.25. The number of nitrogen functional groups attached to an aromatic ring is 1. The molecule has 1 aromatic carbocycles. The van der Waals surface area contributed by atoms with E-state index in [1.807, 2.05) is 17.5 Å². The van der Waals surface area contributed by atoms with Crippen molar-refractivity contribution in [2.45, 2.75) is 19.8 Å². The van der Waals surface area contributed by atoms with Crippen molar-refractivity contribution < 1.29 is 4.79 Å². The van der Waals surface area contributed by atoms with Crippen molar-refractivity contribution in [3.05, 3.63) is 40.9 Å². The number of carbonyl (C=O) groups is 1. The third-order valence-electron chi connectivity index (χ3n) is 3.78. The van der Waals surface area contributed by atoms with Crippen LogP contribution in [0.15, 0.2) is 34.7 Å². The second kappa shape index (κ2) is 6.78. The van der Waals surface area contributed by atoms with Gasteiger partial charge in [-0.25, -0.2) is 10.4 Å². The van der Waals surface area contributed by atoms with Crippen molar-refractivity contribution in [1.82, 2.24) is 10.4 Å². The van der Waals surface area contributed by atoms with Crippen LogP contribution in [-0.4, -0.2) is 29.7 Å². The van der Waals surface area contributed by atoms with Crippen LogP contribution in [0.25, 0.3) is 0 Å². The number of hydrazone groups is 1. The number of para-hydroxylation sites is 1. The number of aromatic nitrogens is 1. The van der Waals surface area contributed by atoms with E-state index < -0.39 is 0 Å². The molecule has 1 amide bonds. The maximum atomic E-state index is 12.2. The van der Waals surface area contributed by atoms with Crippen LogP contribution in [0.4, 0.5) is 10.8 Å². The van der Waals surface area contributed by atoms with Gasteiger partial charge in [0.15, 0.2) is 5.13 Å². The molecule has 0 spiro atoms. The van der Waals surface area contributed by atoms with Crippen LogP contribution in [0.1, 0.15) is 24.6 Å². The zero-order chi connectivity index (χ0) is 16.2. The average Bonchev–Trinajstić information content (AvgIpc) is 2.99. The maximum absolute atomic E-state index is 12.2. The molecular formula is C16H19N5OS. The number of nitrogens with zero attached hydrogens (tertiary/aromatic N) is 3. The molecule has 23 heavy (non-hydrogen) atoms. The standard InChI is InChI=1S/C16H19N5OS/c1-11(13-10-23-16(17)18-13)19-20-15(22)9-21-8-4-6-12-5-2-3-7-14(12)21/h2-3,5,7,10H,4,6,8-9H2,1H3,(H2,17,18)(H,20,22)/b19-11+. The van der Waals surface area contributed by atoms with E-state index in [0.717, 1.165) is 25.1 Å². The van der Waals surface area contributed by atoms with Crippen LogP contribution in [0.3, 0.4) is 0 Å². The molecule has 0 fully saturated rings. The number of thiazole rings is 1. The van der Waals surface area contributed by atoms with Crippen LogP contribution < -0.4 is 16.1 Å². The molecule has 0 aliphatic carbocycles. The predicted molar refractivity (Wildman–Crippen MR) is 93.9 cm³/mol. The number of hydrogen-bond acceptors (Lipinski definition) is 6. The molecule has 1 aliphatic heterocycles. The van der Waals surface area contributed by atoms with E-state index >= 15 is 0 Å². The number of hydrogen-bond donors (Lipinski definition) is 2. The van der Waals surface area contributed by atoms with Gasteiger partial charge in [0.2, 0.25) is 0 Å². The Balaban J connectivity index is 1.62. The van der Waals surface area contributed by atoms with Gasteiger partial charge in [-0.05, 0) is 31.4 Å². The van der Waals surface area contributed by atoms with Crippen molar-refractivity contribution in [1.29, 1.82) is 0 Å². The summed E-state index contributed by atoms with van der Waals surface area (Å²) in [6, 6.07) is 8.22. The Morgan fingerprint density at radius 2 is 2.30 bits per heavy atom. The Morgan fingerprint density at radius 1 is 1.48 bits per heavy atom. The third-order valence-corrected chi connectivity index (χ3v) is 4.46. The minimum Gasteiger partial charge on any atom is -0.375 e. The Bertz CT molecular complexity index is 740. The van der Waals surface area contributed by atoms with Gasteiger partial charge >= 0.3 is 0 Å². The molecular weight excluding hydrogens is 310 g/mol. The lowest BCUT2D eigenvalue weighted by molar-refractivity contribution is -0.119. The smallest absolute Gasteiger partial charge is 0.259 e. The van der Waals surface area contributed by atoms with Crippen LogP contribution in [0.2, 0.25) is 0 Å². The van der Waals surface area contributed by atoms with Gasteiger partial charge in [-0.15, -0.1) is 11.3 Å². The summed E-state index contributed by atoms with van der Waals surface area (Å²) < 4.78 is 0. The largest absolute Gasteiger partial charge is 0.375 e. The number of nitrogens with one attached hydrogen (secondary N) is 1. The molecule has 0 unspecified atom stereocenters. The average molecular weight is 329 g/mol. The van der Waals surface area contributed by atoms with Crippen molar-refractivity contribution in [2.75, 3.05) is 23.7 Å². The first-order chi connectivity index (χ1) is 11.1.